The number of nitrogens with zero attached hydrogens (tertiary/aromatic N) is 2. The van der Waals surface area contributed by atoms with E-state index in [4.69, 9.17) is 0 Å². The molecule has 0 saturated carbocycles. The first-order valence-electron chi connectivity index (χ1n) is 8.71. The van der Waals surface area contributed by atoms with Crippen LogP contribution in [0.2, 0.25) is 0 Å². The number of carbonyl (C=O) groups excluding carboxylic acids is 1. The molecule has 2 N–H and O–H groups in total. The lowest BCUT2D eigenvalue weighted by atomic mass is 9.76. The first-order valence-corrected chi connectivity index (χ1v) is 9.53. The average molecular weight is 372 g/mol. The topological polar surface area (TPSA) is 64.0 Å². The fourth-order valence-corrected chi connectivity index (χ4v) is 4.25. The Kier molecular flexibility index (Phi) is 4.96. The zero-order chi connectivity index (χ0) is 19.0. The number of allylic oxidation sites excluding steroid dienone is 2. The Hall–Kier alpha value is -2.47. The van der Waals surface area contributed by atoms with Crippen molar-refractivity contribution in [2.45, 2.75) is 19.8 Å². The van der Waals surface area contributed by atoms with Crippen LogP contribution >= 0.6 is 11.3 Å². The second-order valence-corrected chi connectivity index (χ2v) is 7.57. The predicted molar refractivity (Wildman–Crippen MR) is 108 cm³/mol. The van der Waals surface area contributed by atoms with Crippen molar-refractivity contribution in [3.63, 3.8) is 0 Å². The minimum absolute atomic E-state index is 0.0352. The molecule has 6 heteroatoms. The van der Waals surface area contributed by atoms with Crippen LogP contribution in [0.3, 0.4) is 0 Å². The molecule has 0 saturated heterocycles. The van der Waals surface area contributed by atoms with Crippen molar-refractivity contribution in [1.82, 2.24) is 0 Å². The molecule has 26 heavy (non-hydrogen) atoms. The van der Waals surface area contributed by atoms with Crippen LogP contribution in [0.5, 0.6) is 5.75 Å². The number of hydrogen-bond acceptors (Lipinski definition) is 6. The van der Waals surface area contributed by atoms with Gasteiger partial charge in [-0.1, -0.05) is 6.07 Å². The lowest BCUT2D eigenvalue weighted by molar-refractivity contribution is -0.116. The summed E-state index contributed by atoms with van der Waals surface area (Å²) in [6.07, 6.45) is 0. The third-order valence-electron chi connectivity index (χ3n) is 4.77. The van der Waals surface area contributed by atoms with Gasteiger partial charge >= 0.3 is 0 Å². The molecule has 1 unspecified atom stereocenters. The average Bonchev–Trinajstić information content (AvgIpc) is 3.08. The van der Waals surface area contributed by atoms with Crippen molar-refractivity contribution in [2.24, 2.45) is 0 Å². The molecule has 0 amide bonds. The molecule has 1 aliphatic carbocycles. The fraction of sp³-hybridized carbons (Fsp3) is 0.350. The molecule has 138 valence electrons. The van der Waals surface area contributed by atoms with Crippen molar-refractivity contribution in [1.29, 1.82) is 0 Å². The lowest BCUT2D eigenvalue weighted by Gasteiger charge is -2.29. The van der Waals surface area contributed by atoms with Gasteiger partial charge in [-0.15, -0.1) is 11.3 Å². The zero-order valence-corrected chi connectivity index (χ0v) is 16.3. The van der Waals surface area contributed by atoms with Gasteiger partial charge in [0.15, 0.2) is 5.78 Å². The number of anilines is 2. The monoisotopic (exact) mass is 372 g/mol. The highest BCUT2D eigenvalue weighted by Gasteiger charge is 2.43. The summed E-state index contributed by atoms with van der Waals surface area (Å²) in [5.41, 5.74) is 1.72. The molecule has 0 aliphatic heterocycles. The molecule has 0 spiro atoms. The largest absolute Gasteiger partial charge is 0.510 e. The number of aliphatic hydroxyl groups is 1. The van der Waals surface area contributed by atoms with Crippen molar-refractivity contribution < 1.29 is 15.0 Å². The van der Waals surface area contributed by atoms with E-state index in [2.05, 4.69) is 4.90 Å². The molecule has 5 nitrogen and oxygen atoms in total. The summed E-state index contributed by atoms with van der Waals surface area (Å²) in [5.74, 6) is -0.854. The summed E-state index contributed by atoms with van der Waals surface area (Å²) in [5, 5.41) is 22.0. The van der Waals surface area contributed by atoms with E-state index in [9.17, 15) is 15.0 Å². The van der Waals surface area contributed by atoms with Gasteiger partial charge in [0.25, 0.3) is 0 Å². The normalized spacial score (nSPS) is 16.6. The SMILES string of the molecule is CCN(CC)c1ccc(C2C(=O)C(c3ccc(N(C)C)s3)=C2O)c(O)c1. The number of phenols is 1. The maximum atomic E-state index is 12.7. The standard InChI is InChI=1S/C20H24N2O3S/c1-5-22(6-2)12-7-8-13(14(23)11-12)17-19(24)18(20(17)25)15-9-10-16(26-15)21(3)4/h7-11,17,23-24H,5-6H2,1-4H3. The Morgan fingerprint density at radius 3 is 2.27 bits per heavy atom. The summed E-state index contributed by atoms with van der Waals surface area (Å²) >= 11 is 1.46. The van der Waals surface area contributed by atoms with Gasteiger partial charge in [-0.05, 0) is 32.0 Å². The second kappa shape index (κ2) is 7.03. The number of Topliss-reactive ketones (excluding diaryl/α,β-unsaturated/α-hetero) is 1. The molecular formula is C20H24N2O3S. The van der Waals surface area contributed by atoms with Crippen molar-refractivity contribution >= 4 is 33.4 Å². The summed E-state index contributed by atoms with van der Waals surface area (Å²) in [7, 11) is 3.87. The molecule has 0 radical (unpaired) electrons. The van der Waals surface area contributed by atoms with E-state index in [1.807, 2.05) is 51.0 Å². The Morgan fingerprint density at radius 2 is 1.77 bits per heavy atom. The molecule has 3 rings (SSSR count). The number of phenolic OH excluding ortho intramolecular Hbond substituents is 1. The summed E-state index contributed by atoms with van der Waals surface area (Å²) in [4.78, 5) is 17.5. The third kappa shape index (κ3) is 2.94. The van der Waals surface area contributed by atoms with Crippen LogP contribution in [-0.2, 0) is 4.79 Å². The van der Waals surface area contributed by atoms with Crippen LogP contribution < -0.4 is 9.80 Å². The van der Waals surface area contributed by atoms with Gasteiger partial charge in [0.1, 0.15) is 17.4 Å². The van der Waals surface area contributed by atoms with E-state index in [1.54, 1.807) is 12.1 Å². The van der Waals surface area contributed by atoms with Crippen LogP contribution in [-0.4, -0.2) is 43.2 Å². The quantitative estimate of drug-likeness (QED) is 0.802. The van der Waals surface area contributed by atoms with E-state index in [0.29, 0.717) is 11.1 Å². The van der Waals surface area contributed by atoms with Crippen LogP contribution in [0.1, 0.15) is 30.2 Å². The molecule has 0 bridgehead atoms. The van der Waals surface area contributed by atoms with Gasteiger partial charge < -0.3 is 20.0 Å². The summed E-state index contributed by atoms with van der Waals surface area (Å²) in [6.45, 7) is 5.76. The molecule has 1 atom stereocenters. The Labute approximate surface area is 157 Å². The highest BCUT2D eigenvalue weighted by molar-refractivity contribution is 7.17. The number of carbonyl (C=O) groups is 1. The van der Waals surface area contributed by atoms with E-state index in [1.165, 1.54) is 11.3 Å². The van der Waals surface area contributed by atoms with Gasteiger partial charge in [0, 0.05) is 49.4 Å². The number of aromatic hydroxyl groups is 1. The van der Waals surface area contributed by atoms with Gasteiger partial charge in [0.05, 0.1) is 10.6 Å². The van der Waals surface area contributed by atoms with Crippen molar-refractivity contribution in [3.8, 4) is 5.75 Å². The number of aliphatic hydroxyl groups excluding tert-OH is 1. The second-order valence-electron chi connectivity index (χ2n) is 6.51. The maximum absolute atomic E-state index is 12.7. The Bertz CT molecular complexity index is 866. The van der Waals surface area contributed by atoms with Crippen LogP contribution in [0.15, 0.2) is 36.1 Å². The molecular weight excluding hydrogens is 348 g/mol. The molecule has 0 fully saturated rings. The third-order valence-corrected chi connectivity index (χ3v) is 6.04. The molecule has 1 aromatic carbocycles. The molecule has 2 aromatic rings. The van der Waals surface area contributed by atoms with E-state index in [0.717, 1.165) is 28.7 Å². The van der Waals surface area contributed by atoms with E-state index in [-0.39, 0.29) is 17.3 Å². The summed E-state index contributed by atoms with van der Waals surface area (Å²) in [6, 6.07) is 9.06. The Morgan fingerprint density at radius 1 is 1.08 bits per heavy atom. The number of hydrogen-bond donors (Lipinski definition) is 2. The molecule has 1 aliphatic rings. The highest BCUT2D eigenvalue weighted by Crippen LogP contribution is 2.48. The van der Waals surface area contributed by atoms with Crippen LogP contribution in [0, 0.1) is 0 Å². The van der Waals surface area contributed by atoms with Gasteiger partial charge in [0.2, 0.25) is 0 Å². The Balaban J connectivity index is 1.91. The van der Waals surface area contributed by atoms with Gasteiger partial charge in [-0.3, -0.25) is 4.79 Å². The van der Waals surface area contributed by atoms with Crippen molar-refractivity contribution in [2.75, 3.05) is 37.0 Å². The smallest absolute Gasteiger partial charge is 0.182 e. The first-order chi connectivity index (χ1) is 12.4. The van der Waals surface area contributed by atoms with Crippen LogP contribution in [0.4, 0.5) is 10.7 Å². The number of rotatable bonds is 6. The predicted octanol–water partition coefficient (Wildman–Crippen LogP) is 4.00. The van der Waals surface area contributed by atoms with Gasteiger partial charge in [-0.2, -0.15) is 0 Å². The minimum atomic E-state index is -0.777. The van der Waals surface area contributed by atoms with Crippen molar-refractivity contribution in [3.05, 3.63) is 46.5 Å². The minimum Gasteiger partial charge on any atom is -0.510 e. The zero-order valence-electron chi connectivity index (χ0n) is 15.5. The highest BCUT2D eigenvalue weighted by atomic mass is 32.1. The van der Waals surface area contributed by atoms with E-state index >= 15 is 0 Å². The fourth-order valence-electron chi connectivity index (χ4n) is 3.26. The molecule has 1 heterocycles. The first kappa shape index (κ1) is 18.3. The van der Waals surface area contributed by atoms with Gasteiger partial charge in [-0.25, -0.2) is 0 Å². The number of benzene rings is 1. The van der Waals surface area contributed by atoms with E-state index < -0.39 is 5.92 Å². The molecule has 1 aromatic heterocycles. The maximum Gasteiger partial charge on any atom is 0.182 e. The van der Waals surface area contributed by atoms with Crippen LogP contribution in [0.25, 0.3) is 5.57 Å². The lowest BCUT2D eigenvalue weighted by Crippen LogP contribution is -2.28. The number of ketones is 1. The summed E-state index contributed by atoms with van der Waals surface area (Å²) < 4.78 is 0. The number of thiophene rings is 1.